The molecule has 1 unspecified atom stereocenters. The zero-order valence-electron chi connectivity index (χ0n) is 13.7. The summed E-state index contributed by atoms with van der Waals surface area (Å²) in [4.78, 5) is 38.1. The zero-order chi connectivity index (χ0) is 19.6. The van der Waals surface area contributed by atoms with Crippen molar-refractivity contribution in [3.63, 3.8) is 0 Å². The summed E-state index contributed by atoms with van der Waals surface area (Å²) in [7, 11) is 0. The van der Waals surface area contributed by atoms with E-state index in [-0.39, 0.29) is 29.9 Å². The smallest absolute Gasteiger partial charge is 0.247 e. The van der Waals surface area contributed by atoms with E-state index in [4.69, 9.17) is 23.2 Å². The second kappa shape index (κ2) is 8.65. The Morgan fingerprint density at radius 2 is 1.85 bits per heavy atom. The third-order valence-corrected chi connectivity index (χ3v) is 6.28. The van der Waals surface area contributed by atoms with E-state index in [9.17, 15) is 14.4 Å². The monoisotopic (exact) mass is 486 g/mol. The summed E-state index contributed by atoms with van der Waals surface area (Å²) >= 11 is 16.2. The fourth-order valence-corrected chi connectivity index (χ4v) is 4.04. The molecule has 0 saturated carbocycles. The molecule has 1 heterocycles. The van der Waals surface area contributed by atoms with Crippen molar-refractivity contribution in [3.05, 3.63) is 57.0 Å². The van der Waals surface area contributed by atoms with Gasteiger partial charge in [0.15, 0.2) is 0 Å². The van der Waals surface area contributed by atoms with E-state index < -0.39 is 5.25 Å². The summed E-state index contributed by atoms with van der Waals surface area (Å²) < 4.78 is 0.857. The molecule has 27 heavy (non-hydrogen) atoms. The Bertz CT molecular complexity index is 908. The van der Waals surface area contributed by atoms with Crippen LogP contribution in [0.3, 0.4) is 0 Å². The van der Waals surface area contributed by atoms with Crippen molar-refractivity contribution in [1.82, 2.24) is 0 Å². The van der Waals surface area contributed by atoms with Crippen molar-refractivity contribution in [2.45, 2.75) is 11.7 Å². The van der Waals surface area contributed by atoms with Crippen LogP contribution in [0.25, 0.3) is 0 Å². The Hall–Kier alpha value is -1.54. The van der Waals surface area contributed by atoms with Crippen molar-refractivity contribution in [2.75, 3.05) is 16.0 Å². The van der Waals surface area contributed by atoms with Gasteiger partial charge in [-0.05, 0) is 42.5 Å². The highest BCUT2D eigenvalue weighted by Gasteiger charge is 2.40. The Morgan fingerprint density at radius 3 is 2.52 bits per heavy atom. The number of anilines is 2. The fraction of sp³-hybridized carbons (Fsp3) is 0.167. The number of halogens is 3. The first-order valence-corrected chi connectivity index (χ1v) is 10.4. The highest BCUT2D eigenvalue weighted by molar-refractivity contribution is 9.10. The van der Waals surface area contributed by atoms with E-state index in [1.165, 1.54) is 4.90 Å². The van der Waals surface area contributed by atoms with Crippen LogP contribution in [0.1, 0.15) is 6.42 Å². The maximum absolute atomic E-state index is 12.6. The minimum Gasteiger partial charge on any atom is -0.325 e. The van der Waals surface area contributed by atoms with Gasteiger partial charge < -0.3 is 5.32 Å². The average molecular weight is 488 g/mol. The highest BCUT2D eigenvalue weighted by Crippen LogP contribution is 2.30. The molecule has 1 aliphatic heterocycles. The van der Waals surface area contributed by atoms with E-state index in [0.29, 0.717) is 21.4 Å². The largest absolute Gasteiger partial charge is 0.325 e. The second-order valence-electron chi connectivity index (χ2n) is 5.72. The predicted molar refractivity (Wildman–Crippen MR) is 113 cm³/mol. The number of nitrogens with zero attached hydrogens (tertiary/aromatic N) is 1. The first-order chi connectivity index (χ1) is 12.8. The first kappa shape index (κ1) is 20.2. The van der Waals surface area contributed by atoms with Crippen LogP contribution in [-0.2, 0) is 14.4 Å². The van der Waals surface area contributed by atoms with E-state index in [2.05, 4.69) is 21.2 Å². The third kappa shape index (κ3) is 4.85. The maximum atomic E-state index is 12.6. The van der Waals surface area contributed by atoms with Gasteiger partial charge in [-0.1, -0.05) is 39.1 Å². The summed E-state index contributed by atoms with van der Waals surface area (Å²) in [5.41, 5.74) is 1.04. The molecule has 2 aromatic rings. The quantitative estimate of drug-likeness (QED) is 0.617. The predicted octanol–water partition coefficient (Wildman–Crippen LogP) is 4.76. The van der Waals surface area contributed by atoms with Crippen molar-refractivity contribution in [3.8, 4) is 0 Å². The summed E-state index contributed by atoms with van der Waals surface area (Å²) in [6.45, 7) is 0. The summed E-state index contributed by atoms with van der Waals surface area (Å²) in [5, 5.41) is 2.84. The molecule has 1 fully saturated rings. The SMILES string of the molecule is O=C(CSC1CC(=O)N(c2ccc(Br)cc2)C1=O)Nc1ccc(Cl)c(Cl)c1. The molecular weight excluding hydrogens is 475 g/mol. The van der Waals surface area contributed by atoms with Crippen molar-refractivity contribution in [2.24, 2.45) is 0 Å². The van der Waals surface area contributed by atoms with Gasteiger partial charge in [-0.25, -0.2) is 4.90 Å². The first-order valence-electron chi connectivity index (χ1n) is 7.84. The summed E-state index contributed by atoms with van der Waals surface area (Å²) in [5.74, 6) is -0.835. The lowest BCUT2D eigenvalue weighted by Crippen LogP contribution is -2.31. The third-order valence-electron chi connectivity index (χ3n) is 3.81. The Balaban J connectivity index is 1.58. The minimum absolute atomic E-state index is 0.0398. The number of imide groups is 1. The van der Waals surface area contributed by atoms with Gasteiger partial charge in [0, 0.05) is 16.6 Å². The van der Waals surface area contributed by atoms with Gasteiger partial charge in [0.1, 0.15) is 0 Å². The lowest BCUT2D eigenvalue weighted by atomic mass is 10.3. The van der Waals surface area contributed by atoms with Crippen LogP contribution in [0.2, 0.25) is 10.0 Å². The number of nitrogens with one attached hydrogen (secondary N) is 1. The van der Waals surface area contributed by atoms with Gasteiger partial charge in [0.2, 0.25) is 17.7 Å². The van der Waals surface area contributed by atoms with E-state index in [1.54, 1.807) is 42.5 Å². The maximum Gasteiger partial charge on any atom is 0.247 e. The van der Waals surface area contributed by atoms with Gasteiger partial charge >= 0.3 is 0 Å². The van der Waals surface area contributed by atoms with Gasteiger partial charge in [-0.3, -0.25) is 14.4 Å². The molecule has 1 aliphatic rings. The average Bonchev–Trinajstić information content (AvgIpc) is 2.91. The molecule has 2 aromatic carbocycles. The molecule has 1 atom stereocenters. The molecule has 3 rings (SSSR count). The van der Waals surface area contributed by atoms with Crippen LogP contribution in [0.4, 0.5) is 11.4 Å². The lowest BCUT2D eigenvalue weighted by molar-refractivity contribution is -0.121. The minimum atomic E-state index is -0.583. The molecule has 3 amide bonds. The molecular formula is C18H13BrCl2N2O3S. The number of thioether (sulfide) groups is 1. The standard InChI is InChI=1S/C18H13BrCl2N2O3S/c19-10-1-4-12(5-2-10)23-17(25)8-15(18(23)26)27-9-16(24)22-11-3-6-13(20)14(21)7-11/h1-7,15H,8-9H2,(H,22,24). The van der Waals surface area contributed by atoms with Gasteiger partial charge in [-0.15, -0.1) is 11.8 Å². The number of hydrogen-bond acceptors (Lipinski definition) is 4. The Labute approximate surface area is 178 Å². The van der Waals surface area contributed by atoms with Crippen LogP contribution in [0.15, 0.2) is 46.9 Å². The van der Waals surface area contributed by atoms with Crippen LogP contribution >= 0.6 is 50.9 Å². The van der Waals surface area contributed by atoms with Crippen LogP contribution in [-0.4, -0.2) is 28.7 Å². The Morgan fingerprint density at radius 1 is 1.15 bits per heavy atom. The fourth-order valence-electron chi connectivity index (χ4n) is 2.54. The summed E-state index contributed by atoms with van der Waals surface area (Å²) in [6, 6.07) is 11.7. The number of amides is 3. The van der Waals surface area contributed by atoms with Crippen molar-refractivity contribution >= 4 is 80.0 Å². The topological polar surface area (TPSA) is 66.5 Å². The van der Waals surface area contributed by atoms with E-state index in [0.717, 1.165) is 16.2 Å². The van der Waals surface area contributed by atoms with Crippen molar-refractivity contribution < 1.29 is 14.4 Å². The molecule has 5 nitrogen and oxygen atoms in total. The van der Waals surface area contributed by atoms with Crippen LogP contribution in [0, 0.1) is 0 Å². The molecule has 0 aromatic heterocycles. The zero-order valence-corrected chi connectivity index (χ0v) is 17.7. The van der Waals surface area contributed by atoms with Gasteiger partial charge in [-0.2, -0.15) is 0 Å². The van der Waals surface area contributed by atoms with Crippen molar-refractivity contribution in [1.29, 1.82) is 0 Å². The van der Waals surface area contributed by atoms with Gasteiger partial charge in [0.25, 0.3) is 0 Å². The normalized spacial score (nSPS) is 16.7. The van der Waals surface area contributed by atoms with Crippen LogP contribution < -0.4 is 10.2 Å². The number of benzene rings is 2. The number of carbonyl (C=O) groups is 3. The van der Waals surface area contributed by atoms with E-state index in [1.807, 2.05) is 0 Å². The number of hydrogen-bond donors (Lipinski definition) is 1. The van der Waals surface area contributed by atoms with E-state index >= 15 is 0 Å². The molecule has 140 valence electrons. The van der Waals surface area contributed by atoms with Crippen LogP contribution in [0.5, 0.6) is 0 Å². The molecule has 0 bridgehead atoms. The molecule has 0 aliphatic carbocycles. The van der Waals surface area contributed by atoms with Gasteiger partial charge in [0.05, 0.1) is 26.7 Å². The lowest BCUT2D eigenvalue weighted by Gasteiger charge is -2.15. The Kier molecular flexibility index (Phi) is 6.47. The number of rotatable bonds is 5. The second-order valence-corrected chi connectivity index (χ2v) is 8.65. The molecule has 0 spiro atoms. The molecule has 9 heteroatoms. The number of carbonyl (C=O) groups excluding carboxylic acids is 3. The highest BCUT2D eigenvalue weighted by atomic mass is 79.9. The molecule has 0 radical (unpaired) electrons. The summed E-state index contributed by atoms with van der Waals surface area (Å²) in [6.07, 6.45) is 0.0691. The molecule has 1 N–H and O–H groups in total. The molecule has 1 saturated heterocycles.